The van der Waals surface area contributed by atoms with Crippen LogP contribution in [0.4, 0.5) is 11.4 Å². The molecule has 6 heteroatoms. The van der Waals surface area contributed by atoms with Gasteiger partial charge >= 0.3 is 0 Å². The zero-order valence-electron chi connectivity index (χ0n) is 23.4. The number of hydrogen-bond donors (Lipinski definition) is 1. The maximum atomic E-state index is 13.1. The normalized spacial score (nSPS) is 25.3. The summed E-state index contributed by atoms with van der Waals surface area (Å²) in [6, 6.07) is 12.5. The summed E-state index contributed by atoms with van der Waals surface area (Å²) >= 11 is 0. The number of allylic oxidation sites excluding steroid dienone is 2. The lowest BCUT2D eigenvalue weighted by Crippen LogP contribution is -2.44. The molecule has 2 unspecified atom stereocenters. The van der Waals surface area contributed by atoms with E-state index in [1.54, 1.807) is 0 Å². The number of nitrogens with zero attached hydrogens (tertiary/aromatic N) is 2. The minimum Gasteiger partial charge on any atom is -0.379 e. The fourth-order valence-electron chi connectivity index (χ4n) is 7.56. The summed E-state index contributed by atoms with van der Waals surface area (Å²) in [5.74, 6) is 2.40. The molecule has 3 fully saturated rings. The highest BCUT2D eigenvalue weighted by molar-refractivity contribution is 5.97. The van der Waals surface area contributed by atoms with Crippen LogP contribution in [0.15, 0.2) is 42.1 Å². The Morgan fingerprint density at radius 3 is 2.54 bits per heavy atom. The van der Waals surface area contributed by atoms with Crippen molar-refractivity contribution >= 4 is 29.1 Å². The predicted octanol–water partition coefficient (Wildman–Crippen LogP) is 5.70. The molecule has 0 bridgehead atoms. The van der Waals surface area contributed by atoms with Crippen molar-refractivity contribution in [3.8, 4) is 0 Å². The zero-order valence-corrected chi connectivity index (χ0v) is 23.4. The highest BCUT2D eigenvalue weighted by Crippen LogP contribution is 2.50. The molecule has 2 saturated carbocycles. The maximum absolute atomic E-state index is 13.1. The van der Waals surface area contributed by atoms with Crippen molar-refractivity contribution in [3.63, 3.8) is 0 Å². The first-order valence-electron chi connectivity index (χ1n) is 14.8. The van der Waals surface area contributed by atoms with Gasteiger partial charge in [-0.25, -0.2) is 0 Å². The van der Waals surface area contributed by atoms with E-state index in [2.05, 4.69) is 48.3 Å². The van der Waals surface area contributed by atoms with Crippen molar-refractivity contribution in [2.75, 3.05) is 49.6 Å². The van der Waals surface area contributed by atoms with Gasteiger partial charge in [0.15, 0.2) is 0 Å². The van der Waals surface area contributed by atoms with Crippen molar-refractivity contribution < 1.29 is 14.3 Å². The first kappa shape index (κ1) is 26.3. The van der Waals surface area contributed by atoms with Crippen molar-refractivity contribution in [2.24, 2.45) is 17.8 Å². The largest absolute Gasteiger partial charge is 0.379 e. The van der Waals surface area contributed by atoms with Gasteiger partial charge in [-0.15, -0.1) is 0 Å². The number of carbonyl (C=O) groups is 2. The maximum Gasteiger partial charge on any atom is 0.241 e. The third-order valence-electron chi connectivity index (χ3n) is 9.61. The van der Waals surface area contributed by atoms with E-state index in [0.29, 0.717) is 25.7 Å². The molecule has 1 saturated heterocycles. The van der Waals surface area contributed by atoms with Crippen molar-refractivity contribution in [3.05, 3.63) is 64.3 Å². The number of fused-ring (bicyclic) bond motifs is 2. The monoisotopic (exact) mass is 527 g/mol. The summed E-state index contributed by atoms with van der Waals surface area (Å²) in [6.07, 6.45) is 8.44. The van der Waals surface area contributed by atoms with Crippen LogP contribution in [0.2, 0.25) is 0 Å². The average Bonchev–Trinajstić information content (AvgIpc) is 3.67. The van der Waals surface area contributed by atoms with Gasteiger partial charge in [0, 0.05) is 42.3 Å². The molecular formula is C33H41N3O3. The second kappa shape index (κ2) is 11.3. The summed E-state index contributed by atoms with van der Waals surface area (Å²) in [5, 5.41) is 3.89. The first-order valence-corrected chi connectivity index (χ1v) is 14.8. The number of carbonyl (C=O) groups excluding carboxylic acids is 2. The molecule has 6 rings (SSSR count). The Hall–Kier alpha value is -2.96. The SMILES string of the molecule is C/C(=C(\Nc1ccc2c(c1)CCN2C(=O)CN1CCOCC1)C1CC2CCCC2C1)c1ccc(C=O)cc1C. The smallest absolute Gasteiger partial charge is 0.241 e. The molecule has 2 aromatic carbocycles. The molecule has 0 radical (unpaired) electrons. The molecule has 0 aromatic heterocycles. The van der Waals surface area contributed by atoms with Gasteiger partial charge in [0.25, 0.3) is 0 Å². The Balaban J connectivity index is 1.25. The number of ether oxygens (including phenoxy) is 1. The van der Waals surface area contributed by atoms with Crippen molar-refractivity contribution in [1.82, 2.24) is 4.90 Å². The van der Waals surface area contributed by atoms with Crippen molar-refractivity contribution in [1.29, 1.82) is 0 Å². The second-order valence-corrected chi connectivity index (χ2v) is 12.0. The van der Waals surface area contributed by atoms with Gasteiger partial charge in [-0.2, -0.15) is 0 Å². The van der Waals surface area contributed by atoms with E-state index in [-0.39, 0.29) is 5.91 Å². The van der Waals surface area contributed by atoms with Gasteiger partial charge in [0.1, 0.15) is 6.29 Å². The lowest BCUT2D eigenvalue weighted by atomic mass is 9.90. The lowest BCUT2D eigenvalue weighted by Gasteiger charge is -2.28. The van der Waals surface area contributed by atoms with Crippen LogP contribution in [0.5, 0.6) is 0 Å². The molecule has 2 aromatic rings. The number of anilines is 2. The van der Waals surface area contributed by atoms with Crippen LogP contribution in [0.1, 0.15) is 66.1 Å². The van der Waals surface area contributed by atoms with Gasteiger partial charge < -0.3 is 15.0 Å². The number of morpholine rings is 1. The highest BCUT2D eigenvalue weighted by atomic mass is 16.5. The summed E-state index contributed by atoms with van der Waals surface area (Å²) in [4.78, 5) is 28.6. The second-order valence-electron chi connectivity index (χ2n) is 12.0. The Labute approximate surface area is 232 Å². The van der Waals surface area contributed by atoms with E-state index in [0.717, 1.165) is 66.7 Å². The standard InChI is InChI=1S/C33H41N3O3/c1-22-16-24(21-37)6-8-30(22)23(2)33(28-17-25-4-3-5-26(25)18-28)34-29-7-9-31-27(19-29)10-11-36(31)32(38)20-35-12-14-39-15-13-35/h6-9,16,19,21,25-26,28,34H,3-5,10-15,17-18,20H2,1-2H3/b33-23+. The van der Waals surface area contributed by atoms with Crippen LogP contribution >= 0.6 is 0 Å². The van der Waals surface area contributed by atoms with E-state index in [1.807, 2.05) is 17.0 Å². The predicted molar refractivity (Wildman–Crippen MR) is 156 cm³/mol. The lowest BCUT2D eigenvalue weighted by molar-refractivity contribution is -0.120. The molecule has 39 heavy (non-hydrogen) atoms. The zero-order chi connectivity index (χ0) is 26.9. The molecule has 1 N–H and O–H groups in total. The summed E-state index contributed by atoms with van der Waals surface area (Å²) < 4.78 is 5.44. The van der Waals surface area contributed by atoms with Crippen LogP contribution in [0.3, 0.4) is 0 Å². The van der Waals surface area contributed by atoms with Crippen molar-refractivity contribution in [2.45, 2.75) is 52.4 Å². The minimum absolute atomic E-state index is 0.180. The molecule has 4 aliphatic rings. The van der Waals surface area contributed by atoms with Gasteiger partial charge in [0.05, 0.1) is 19.8 Å². The number of aryl methyl sites for hydroxylation is 1. The van der Waals surface area contributed by atoms with Crippen LogP contribution < -0.4 is 10.2 Å². The van der Waals surface area contributed by atoms with Crippen LogP contribution in [-0.4, -0.2) is 56.5 Å². The number of benzene rings is 2. The molecule has 2 heterocycles. The number of aldehydes is 1. The molecule has 2 aliphatic carbocycles. The molecule has 6 nitrogen and oxygen atoms in total. The van der Waals surface area contributed by atoms with Gasteiger partial charge in [-0.1, -0.05) is 31.4 Å². The molecule has 2 aliphatic heterocycles. The van der Waals surface area contributed by atoms with E-state index in [1.165, 1.54) is 54.5 Å². The Morgan fingerprint density at radius 2 is 1.82 bits per heavy atom. The Morgan fingerprint density at radius 1 is 1.05 bits per heavy atom. The summed E-state index contributed by atoms with van der Waals surface area (Å²) in [7, 11) is 0. The highest BCUT2D eigenvalue weighted by Gasteiger charge is 2.39. The summed E-state index contributed by atoms with van der Waals surface area (Å²) in [5.41, 5.74) is 9.06. The first-order chi connectivity index (χ1) is 19.0. The minimum atomic E-state index is 0.180. The summed E-state index contributed by atoms with van der Waals surface area (Å²) in [6.45, 7) is 8.60. The molecule has 1 amide bonds. The topological polar surface area (TPSA) is 61.9 Å². The number of hydrogen-bond acceptors (Lipinski definition) is 5. The molecular weight excluding hydrogens is 486 g/mol. The number of amides is 1. The van der Waals surface area contributed by atoms with Gasteiger partial charge in [0.2, 0.25) is 5.91 Å². The molecule has 2 atom stereocenters. The van der Waals surface area contributed by atoms with Crippen LogP contribution in [-0.2, 0) is 16.0 Å². The van der Waals surface area contributed by atoms with Gasteiger partial charge in [-0.05, 0) is 97.4 Å². The van der Waals surface area contributed by atoms with Gasteiger partial charge in [-0.3, -0.25) is 14.5 Å². The number of nitrogens with one attached hydrogen (secondary N) is 1. The quantitative estimate of drug-likeness (QED) is 0.468. The van der Waals surface area contributed by atoms with E-state index >= 15 is 0 Å². The fraction of sp³-hybridized carbons (Fsp3) is 0.515. The van der Waals surface area contributed by atoms with Crippen LogP contribution in [0, 0.1) is 24.7 Å². The average molecular weight is 528 g/mol. The molecule has 206 valence electrons. The fourth-order valence-corrected chi connectivity index (χ4v) is 7.56. The van der Waals surface area contributed by atoms with E-state index in [4.69, 9.17) is 4.74 Å². The Kier molecular flexibility index (Phi) is 7.59. The van der Waals surface area contributed by atoms with E-state index < -0.39 is 0 Å². The third kappa shape index (κ3) is 5.42. The Bertz CT molecular complexity index is 1270. The van der Waals surface area contributed by atoms with E-state index in [9.17, 15) is 9.59 Å². The van der Waals surface area contributed by atoms with Crippen LogP contribution in [0.25, 0.3) is 5.57 Å². The number of rotatable bonds is 7. The third-order valence-corrected chi connectivity index (χ3v) is 9.61. The molecule has 0 spiro atoms.